The number of carbonyl (C=O) groups is 1. The number of ether oxygens (including phenoxy) is 1. The van der Waals surface area contributed by atoms with E-state index in [1.165, 1.54) is 5.56 Å². The van der Waals surface area contributed by atoms with Gasteiger partial charge in [-0.05, 0) is 56.0 Å². The summed E-state index contributed by atoms with van der Waals surface area (Å²) in [5.74, 6) is 2.17. The van der Waals surface area contributed by atoms with Crippen molar-refractivity contribution in [1.29, 1.82) is 0 Å². The summed E-state index contributed by atoms with van der Waals surface area (Å²) in [6, 6.07) is 15.9. The van der Waals surface area contributed by atoms with E-state index in [0.717, 1.165) is 34.9 Å². The van der Waals surface area contributed by atoms with E-state index in [4.69, 9.17) is 16.3 Å². The molecule has 140 valence electrons. The van der Waals surface area contributed by atoms with E-state index in [0.29, 0.717) is 12.3 Å². The highest BCUT2D eigenvalue weighted by Crippen LogP contribution is 2.20. The number of benzene rings is 2. The molecule has 0 aliphatic carbocycles. The summed E-state index contributed by atoms with van der Waals surface area (Å²) in [6.45, 7) is 4.72. The Kier molecular flexibility index (Phi) is 8.86. The first-order valence-corrected chi connectivity index (χ1v) is 10.4. The van der Waals surface area contributed by atoms with Crippen LogP contribution in [0.3, 0.4) is 0 Å². The minimum absolute atomic E-state index is 0.0720. The van der Waals surface area contributed by atoms with E-state index in [9.17, 15) is 4.79 Å². The molecule has 1 N–H and O–H groups in total. The number of thioether (sulfide) groups is 1. The van der Waals surface area contributed by atoms with Crippen molar-refractivity contribution in [2.45, 2.75) is 38.5 Å². The fourth-order valence-electron chi connectivity index (χ4n) is 2.45. The Hall–Kier alpha value is -1.65. The average Bonchev–Trinajstić information content (AvgIpc) is 2.61. The van der Waals surface area contributed by atoms with E-state index in [-0.39, 0.29) is 12.0 Å². The summed E-state index contributed by atoms with van der Waals surface area (Å²) in [5, 5.41) is 3.73. The Morgan fingerprint density at radius 1 is 1.15 bits per heavy atom. The fourth-order valence-corrected chi connectivity index (χ4v) is 3.59. The number of rotatable bonds is 10. The highest BCUT2D eigenvalue weighted by molar-refractivity contribution is 7.99. The van der Waals surface area contributed by atoms with E-state index in [1.807, 2.05) is 50.2 Å². The smallest absolute Gasteiger partial charge is 0.230 e. The molecule has 5 heteroatoms. The van der Waals surface area contributed by atoms with E-state index < -0.39 is 0 Å². The van der Waals surface area contributed by atoms with Gasteiger partial charge in [0.2, 0.25) is 5.91 Å². The maximum atomic E-state index is 11.9. The van der Waals surface area contributed by atoms with Gasteiger partial charge in [0, 0.05) is 17.3 Å². The fraction of sp³-hybridized carbons (Fsp3) is 0.381. The summed E-state index contributed by atoms with van der Waals surface area (Å²) < 4.78 is 5.64. The summed E-state index contributed by atoms with van der Waals surface area (Å²) >= 11 is 7.69. The van der Waals surface area contributed by atoms with Crippen LogP contribution >= 0.6 is 23.4 Å². The third kappa shape index (κ3) is 7.71. The molecule has 0 atom stereocenters. The first kappa shape index (κ1) is 20.7. The minimum atomic E-state index is 0.0720. The van der Waals surface area contributed by atoms with Gasteiger partial charge >= 0.3 is 0 Å². The number of halogens is 1. The van der Waals surface area contributed by atoms with Gasteiger partial charge < -0.3 is 10.1 Å². The van der Waals surface area contributed by atoms with Crippen LogP contribution in [0.2, 0.25) is 5.02 Å². The molecule has 0 fully saturated rings. The molecule has 0 bridgehead atoms. The molecule has 2 rings (SSSR count). The zero-order chi connectivity index (χ0) is 18.8. The Morgan fingerprint density at radius 2 is 1.88 bits per heavy atom. The zero-order valence-electron chi connectivity index (χ0n) is 15.3. The van der Waals surface area contributed by atoms with Crippen molar-refractivity contribution in [3.05, 3.63) is 64.7 Å². The van der Waals surface area contributed by atoms with Gasteiger partial charge in [0.25, 0.3) is 0 Å². The van der Waals surface area contributed by atoms with Crippen molar-refractivity contribution in [3.8, 4) is 5.75 Å². The summed E-state index contributed by atoms with van der Waals surface area (Å²) in [4.78, 5) is 11.9. The Bertz CT molecular complexity index is 689. The van der Waals surface area contributed by atoms with Crippen molar-refractivity contribution in [2.24, 2.45) is 0 Å². The van der Waals surface area contributed by atoms with Crippen molar-refractivity contribution < 1.29 is 9.53 Å². The molecule has 0 aliphatic rings. The molecule has 26 heavy (non-hydrogen) atoms. The average molecular weight is 392 g/mol. The van der Waals surface area contributed by atoms with Crippen LogP contribution < -0.4 is 10.1 Å². The topological polar surface area (TPSA) is 38.3 Å². The zero-order valence-corrected chi connectivity index (χ0v) is 16.9. The predicted molar refractivity (Wildman–Crippen MR) is 111 cm³/mol. The summed E-state index contributed by atoms with van der Waals surface area (Å²) in [5.41, 5.74) is 2.32. The number of nitrogens with one attached hydrogen (secondary N) is 1. The first-order valence-electron chi connectivity index (χ1n) is 8.88. The second kappa shape index (κ2) is 11.1. The van der Waals surface area contributed by atoms with Crippen LogP contribution in [-0.2, 0) is 17.0 Å². The molecule has 0 heterocycles. The summed E-state index contributed by atoms with van der Waals surface area (Å²) in [7, 11) is 0. The number of aryl methyl sites for hydroxylation is 1. The van der Waals surface area contributed by atoms with Gasteiger partial charge in [-0.3, -0.25) is 4.79 Å². The normalized spacial score (nSPS) is 10.8. The Labute approximate surface area is 165 Å². The van der Waals surface area contributed by atoms with Crippen LogP contribution in [0.15, 0.2) is 48.5 Å². The third-order valence-corrected chi connectivity index (χ3v) is 5.06. The number of carbonyl (C=O) groups excluding carboxylic acids is 1. The number of hydrogen-bond acceptors (Lipinski definition) is 3. The molecule has 1 amide bonds. The van der Waals surface area contributed by atoms with E-state index >= 15 is 0 Å². The third-order valence-electron chi connectivity index (χ3n) is 3.71. The number of amides is 1. The number of hydrogen-bond donors (Lipinski definition) is 1. The first-order chi connectivity index (χ1) is 12.5. The molecule has 0 aliphatic heterocycles. The lowest BCUT2D eigenvalue weighted by Crippen LogP contribution is -2.26. The molecule has 0 saturated heterocycles. The quantitative estimate of drug-likeness (QED) is 0.572. The molecule has 2 aromatic rings. The van der Waals surface area contributed by atoms with Crippen LogP contribution in [0.5, 0.6) is 5.75 Å². The predicted octanol–water partition coefficient (Wildman–Crippen LogP) is 5.11. The molecular formula is C21H26ClNO2S. The van der Waals surface area contributed by atoms with Crippen LogP contribution in [0.1, 0.15) is 31.4 Å². The second-order valence-corrected chi connectivity index (χ2v) is 7.74. The van der Waals surface area contributed by atoms with Crippen LogP contribution in [0, 0.1) is 0 Å². The van der Waals surface area contributed by atoms with Crippen molar-refractivity contribution in [1.82, 2.24) is 5.32 Å². The SMILES string of the molecule is CC(C)Oc1ccc(CCCNC(=O)CSCc2ccccc2Cl)cc1. The van der Waals surface area contributed by atoms with Gasteiger partial charge in [0.15, 0.2) is 0 Å². The molecule has 0 radical (unpaired) electrons. The molecule has 0 saturated carbocycles. The lowest BCUT2D eigenvalue weighted by Gasteiger charge is -2.10. The molecule has 0 unspecified atom stereocenters. The second-order valence-electron chi connectivity index (χ2n) is 6.35. The van der Waals surface area contributed by atoms with Crippen LogP contribution in [-0.4, -0.2) is 24.3 Å². The summed E-state index contributed by atoms with van der Waals surface area (Å²) in [6.07, 6.45) is 2.05. The van der Waals surface area contributed by atoms with Gasteiger partial charge in [0.05, 0.1) is 11.9 Å². The lowest BCUT2D eigenvalue weighted by atomic mass is 10.1. The van der Waals surface area contributed by atoms with Gasteiger partial charge in [-0.2, -0.15) is 0 Å². The standard InChI is InChI=1S/C21H26ClNO2S/c1-16(2)25-19-11-9-17(10-12-19)6-5-13-23-21(24)15-26-14-18-7-3-4-8-20(18)22/h3-4,7-12,16H,5-6,13-15H2,1-2H3,(H,23,24). The maximum Gasteiger partial charge on any atom is 0.230 e. The van der Waals surface area contributed by atoms with Crippen LogP contribution in [0.4, 0.5) is 0 Å². The molecule has 3 nitrogen and oxygen atoms in total. The largest absolute Gasteiger partial charge is 0.491 e. The van der Waals surface area contributed by atoms with Crippen molar-refractivity contribution in [2.75, 3.05) is 12.3 Å². The Balaban J connectivity index is 1.59. The lowest BCUT2D eigenvalue weighted by molar-refractivity contribution is -0.118. The minimum Gasteiger partial charge on any atom is -0.491 e. The van der Waals surface area contributed by atoms with E-state index in [2.05, 4.69) is 17.4 Å². The van der Waals surface area contributed by atoms with Crippen LogP contribution in [0.25, 0.3) is 0 Å². The van der Waals surface area contributed by atoms with Gasteiger partial charge in [-0.15, -0.1) is 11.8 Å². The monoisotopic (exact) mass is 391 g/mol. The van der Waals surface area contributed by atoms with Crippen molar-refractivity contribution >= 4 is 29.3 Å². The van der Waals surface area contributed by atoms with Crippen molar-refractivity contribution in [3.63, 3.8) is 0 Å². The Morgan fingerprint density at radius 3 is 2.58 bits per heavy atom. The molecule has 0 spiro atoms. The molecule has 0 aromatic heterocycles. The highest BCUT2D eigenvalue weighted by Gasteiger charge is 2.04. The molecule has 2 aromatic carbocycles. The van der Waals surface area contributed by atoms with Gasteiger partial charge in [-0.25, -0.2) is 0 Å². The molecular weight excluding hydrogens is 366 g/mol. The highest BCUT2D eigenvalue weighted by atomic mass is 35.5. The maximum absolute atomic E-state index is 11.9. The van der Waals surface area contributed by atoms with Gasteiger partial charge in [0.1, 0.15) is 5.75 Å². The van der Waals surface area contributed by atoms with Gasteiger partial charge in [-0.1, -0.05) is 41.9 Å². The van der Waals surface area contributed by atoms with E-state index in [1.54, 1.807) is 11.8 Å².